The van der Waals surface area contributed by atoms with Crippen molar-refractivity contribution in [3.8, 4) is 0 Å². The second-order valence-electron chi connectivity index (χ2n) is 15.5. The lowest BCUT2D eigenvalue weighted by Gasteiger charge is -2.49. The molecule has 200 valence electrons. The summed E-state index contributed by atoms with van der Waals surface area (Å²) < 4.78 is 14.2. The Hall–Kier alpha value is 1.39. The minimum absolute atomic E-state index is 0.121. The molecule has 0 aromatic carbocycles. The molecule has 2 nitrogen and oxygen atoms in total. The second kappa shape index (κ2) is 11.2. The SMILES string of the molecule is CC1(C(O[Si](C)(C)C)=P[Si](C)(C)CP(C(O[Si](C)(C)C)C2(C)CCCC2)[Si](C)(C)C)CCCC1. The summed E-state index contributed by atoms with van der Waals surface area (Å²) in [6, 6.07) is 0. The van der Waals surface area contributed by atoms with E-state index in [0.717, 1.165) is 0 Å². The van der Waals surface area contributed by atoms with Gasteiger partial charge < -0.3 is 8.85 Å². The lowest BCUT2D eigenvalue weighted by Crippen LogP contribution is -2.46. The third-order valence-electron chi connectivity index (χ3n) is 7.54. The molecule has 34 heavy (non-hydrogen) atoms. The molecular formula is C26H58O2P2Si4. The Labute approximate surface area is 220 Å². The topological polar surface area (TPSA) is 18.5 Å². The van der Waals surface area contributed by atoms with Crippen LogP contribution in [0.15, 0.2) is 0 Å². The normalized spacial score (nSPS) is 23.9. The van der Waals surface area contributed by atoms with Crippen molar-refractivity contribution < 1.29 is 8.85 Å². The molecule has 0 aliphatic heterocycles. The molecule has 2 aliphatic carbocycles. The van der Waals surface area contributed by atoms with Gasteiger partial charge in [-0.25, -0.2) is 0 Å². The third kappa shape index (κ3) is 9.29. The first-order valence-electron chi connectivity index (χ1n) is 13.9. The zero-order valence-corrected chi connectivity index (χ0v) is 30.9. The molecule has 2 rings (SSSR count). The van der Waals surface area contributed by atoms with Crippen LogP contribution in [0.25, 0.3) is 0 Å². The van der Waals surface area contributed by atoms with Crippen molar-refractivity contribution in [3.63, 3.8) is 0 Å². The van der Waals surface area contributed by atoms with Gasteiger partial charge in [-0.1, -0.05) is 87.5 Å². The second-order valence-corrected chi connectivity index (χ2v) is 45.7. The summed E-state index contributed by atoms with van der Waals surface area (Å²) >= 11 is 0. The summed E-state index contributed by atoms with van der Waals surface area (Å²) in [4.78, 5) is 0. The van der Waals surface area contributed by atoms with Crippen LogP contribution in [0.2, 0.25) is 72.0 Å². The van der Waals surface area contributed by atoms with Gasteiger partial charge in [-0.05, 0) is 76.2 Å². The Morgan fingerprint density at radius 1 is 0.765 bits per heavy atom. The molecule has 0 amide bonds. The Morgan fingerprint density at radius 3 is 1.65 bits per heavy atom. The zero-order chi connectivity index (χ0) is 26.2. The van der Waals surface area contributed by atoms with E-state index in [1.54, 1.807) is 7.75 Å². The molecular weight excluding hydrogens is 519 g/mol. The quantitative estimate of drug-likeness (QED) is 0.180. The van der Waals surface area contributed by atoms with Crippen LogP contribution in [-0.2, 0) is 8.85 Å². The van der Waals surface area contributed by atoms with Crippen molar-refractivity contribution >= 4 is 52.8 Å². The average molecular weight is 577 g/mol. The molecule has 0 N–H and O–H groups in total. The molecule has 2 fully saturated rings. The predicted octanol–water partition coefficient (Wildman–Crippen LogP) is 10.3. The van der Waals surface area contributed by atoms with Crippen molar-refractivity contribution in [1.82, 2.24) is 0 Å². The van der Waals surface area contributed by atoms with Crippen LogP contribution in [0.3, 0.4) is 0 Å². The van der Waals surface area contributed by atoms with Crippen LogP contribution in [0.1, 0.15) is 65.2 Å². The highest BCUT2D eigenvalue weighted by Crippen LogP contribution is 2.63. The van der Waals surface area contributed by atoms with Crippen LogP contribution in [0, 0.1) is 10.8 Å². The predicted molar refractivity (Wildman–Crippen MR) is 170 cm³/mol. The average Bonchev–Trinajstić information content (AvgIpc) is 3.24. The Balaban J connectivity index is 2.47. The van der Waals surface area contributed by atoms with Crippen molar-refractivity contribution in [1.29, 1.82) is 0 Å². The van der Waals surface area contributed by atoms with Crippen molar-refractivity contribution in [2.24, 2.45) is 10.8 Å². The maximum atomic E-state index is 7.25. The summed E-state index contributed by atoms with van der Waals surface area (Å²) in [6.07, 6.45) is 10.9. The monoisotopic (exact) mass is 576 g/mol. The lowest BCUT2D eigenvalue weighted by molar-refractivity contribution is 0.127. The van der Waals surface area contributed by atoms with E-state index < -0.39 is 32.1 Å². The van der Waals surface area contributed by atoms with Gasteiger partial charge in [-0.2, -0.15) is 0 Å². The first-order valence-corrected chi connectivity index (χ1v) is 31.6. The van der Waals surface area contributed by atoms with Gasteiger partial charge in [0.05, 0.1) is 19.1 Å². The molecule has 0 aromatic rings. The lowest BCUT2D eigenvalue weighted by atomic mass is 9.90. The molecule has 0 aromatic heterocycles. The van der Waals surface area contributed by atoms with Gasteiger partial charge >= 0.3 is 0 Å². The summed E-state index contributed by atoms with van der Waals surface area (Å²) in [6.45, 7) is 32.8. The first kappa shape index (κ1) is 31.6. The highest BCUT2D eigenvalue weighted by molar-refractivity contribution is 7.99. The van der Waals surface area contributed by atoms with Crippen LogP contribution in [-0.4, -0.2) is 49.2 Å². The molecule has 2 saturated carbocycles. The van der Waals surface area contributed by atoms with Crippen LogP contribution in [0.5, 0.6) is 0 Å². The molecule has 0 radical (unpaired) electrons. The number of hydrogen-bond donors (Lipinski definition) is 0. The summed E-state index contributed by atoms with van der Waals surface area (Å²) in [5.41, 5.74) is 2.19. The number of rotatable bonds is 11. The molecule has 0 heterocycles. The van der Waals surface area contributed by atoms with E-state index in [2.05, 4.69) is 85.9 Å². The Bertz CT molecular complexity index is 708. The first-order chi connectivity index (χ1) is 15.2. The minimum atomic E-state index is -1.62. The van der Waals surface area contributed by atoms with E-state index in [1.165, 1.54) is 62.6 Å². The highest BCUT2D eigenvalue weighted by Gasteiger charge is 2.49. The zero-order valence-electron chi connectivity index (χ0n) is 25.2. The Morgan fingerprint density at radius 2 is 1.24 bits per heavy atom. The molecule has 0 bridgehead atoms. The smallest absolute Gasteiger partial charge is 0.191 e. The fraction of sp³-hybridized carbons (Fsp3) is 0.962. The van der Waals surface area contributed by atoms with Gasteiger partial charge in [-0.3, -0.25) is 0 Å². The van der Waals surface area contributed by atoms with E-state index in [9.17, 15) is 0 Å². The van der Waals surface area contributed by atoms with Gasteiger partial charge in [0.25, 0.3) is 0 Å². The maximum Gasteiger partial charge on any atom is 0.191 e. The third-order valence-corrected chi connectivity index (χ3v) is 29.6. The molecule has 8 heteroatoms. The molecule has 0 saturated heterocycles. The van der Waals surface area contributed by atoms with Crippen LogP contribution < -0.4 is 0 Å². The molecule has 2 atom stereocenters. The van der Waals surface area contributed by atoms with Crippen LogP contribution >= 0.6 is 15.2 Å². The van der Waals surface area contributed by atoms with Gasteiger partial charge in [0.15, 0.2) is 16.6 Å². The van der Waals surface area contributed by atoms with E-state index in [1.807, 2.05) is 0 Å². The van der Waals surface area contributed by atoms with Gasteiger partial charge in [0.2, 0.25) is 0 Å². The molecule has 2 aliphatic rings. The van der Waals surface area contributed by atoms with Gasteiger partial charge in [0.1, 0.15) is 7.74 Å². The molecule has 2 unspecified atom stereocenters. The molecule has 0 spiro atoms. The highest BCUT2D eigenvalue weighted by atomic mass is 31.4. The fourth-order valence-electron chi connectivity index (χ4n) is 5.69. The number of hydrogen-bond acceptors (Lipinski definition) is 2. The summed E-state index contributed by atoms with van der Waals surface area (Å²) in [7, 11) is -4.68. The minimum Gasteiger partial charge on any atom is -0.411 e. The summed E-state index contributed by atoms with van der Waals surface area (Å²) in [5, 5.41) is 0. The van der Waals surface area contributed by atoms with Gasteiger partial charge in [-0.15, -0.1) is 0 Å². The largest absolute Gasteiger partial charge is 0.411 e. The van der Waals surface area contributed by atoms with Crippen molar-refractivity contribution in [2.45, 2.75) is 143 Å². The van der Waals surface area contributed by atoms with E-state index >= 15 is 0 Å². The van der Waals surface area contributed by atoms with Crippen molar-refractivity contribution in [2.75, 3.05) is 5.79 Å². The maximum absolute atomic E-state index is 7.25. The van der Waals surface area contributed by atoms with E-state index in [-0.39, 0.29) is 7.47 Å². The Kier molecular flexibility index (Phi) is 10.5. The van der Waals surface area contributed by atoms with Gasteiger partial charge in [0, 0.05) is 5.41 Å². The fourth-order valence-corrected chi connectivity index (χ4v) is 36.3. The van der Waals surface area contributed by atoms with E-state index in [0.29, 0.717) is 16.7 Å². The summed E-state index contributed by atoms with van der Waals surface area (Å²) in [5.74, 6) is 1.97. The van der Waals surface area contributed by atoms with Crippen molar-refractivity contribution in [3.05, 3.63) is 0 Å². The van der Waals surface area contributed by atoms with Crippen LogP contribution in [0.4, 0.5) is 0 Å². The standard InChI is InChI=1S/C26H58O2P2Si4/c1-25(18-14-15-19-25)23(27-31(3,4)5)29-34(12,13)22-30(33(9,10)11)24(28-32(6,7)8)26(2)20-16-17-21-26/h24H,14-22H2,1-13H3. The van der Waals surface area contributed by atoms with E-state index in [4.69, 9.17) is 8.85 Å².